The van der Waals surface area contributed by atoms with Gasteiger partial charge in [0.15, 0.2) is 5.96 Å². The third-order valence-corrected chi connectivity index (χ3v) is 6.78. The van der Waals surface area contributed by atoms with E-state index >= 15 is 0 Å². The van der Waals surface area contributed by atoms with E-state index in [2.05, 4.69) is 49.7 Å². The van der Waals surface area contributed by atoms with Crippen LogP contribution in [0, 0.1) is 0 Å². The van der Waals surface area contributed by atoms with E-state index in [1.54, 1.807) is 0 Å². The molecule has 3 aliphatic rings. The van der Waals surface area contributed by atoms with Crippen molar-refractivity contribution < 1.29 is 0 Å². The SMILES string of the molecule is CN=C(NCCCN1CCc2ccccc2C1)NC1CCN(C2CCCC2)C1. The van der Waals surface area contributed by atoms with Gasteiger partial charge in [-0.25, -0.2) is 0 Å². The minimum Gasteiger partial charge on any atom is -0.356 e. The topological polar surface area (TPSA) is 42.9 Å². The van der Waals surface area contributed by atoms with Crippen LogP contribution in [0.25, 0.3) is 0 Å². The fourth-order valence-electron chi connectivity index (χ4n) is 5.15. The third kappa shape index (κ3) is 5.06. The molecule has 0 radical (unpaired) electrons. The molecular weight excluding hydrogens is 346 g/mol. The first-order valence-electron chi connectivity index (χ1n) is 11.3. The van der Waals surface area contributed by atoms with E-state index in [9.17, 15) is 0 Å². The lowest BCUT2D eigenvalue weighted by Gasteiger charge is -2.28. The number of aliphatic imine (C=N–C) groups is 1. The van der Waals surface area contributed by atoms with Gasteiger partial charge in [-0.15, -0.1) is 0 Å². The van der Waals surface area contributed by atoms with Crippen LogP contribution in [0.4, 0.5) is 0 Å². The van der Waals surface area contributed by atoms with Crippen LogP contribution < -0.4 is 10.6 Å². The predicted octanol–water partition coefficient (Wildman–Crippen LogP) is 2.62. The summed E-state index contributed by atoms with van der Waals surface area (Å²) in [6, 6.07) is 10.3. The number of rotatable bonds is 6. The molecule has 5 heteroatoms. The standard InChI is InChI=1S/C23H37N5/c1-24-23(26-21-12-16-28(18-21)22-9-4-5-10-22)25-13-6-14-27-15-11-19-7-2-3-8-20(19)17-27/h2-3,7-8,21-22H,4-6,9-18H2,1H3,(H2,24,25,26). The monoisotopic (exact) mass is 383 g/mol. The van der Waals surface area contributed by atoms with E-state index in [1.165, 1.54) is 69.3 Å². The highest BCUT2D eigenvalue weighted by molar-refractivity contribution is 5.80. The molecule has 4 rings (SSSR count). The van der Waals surface area contributed by atoms with Crippen LogP contribution in [0.1, 0.15) is 49.7 Å². The molecule has 0 bridgehead atoms. The Hall–Kier alpha value is -1.59. The predicted molar refractivity (Wildman–Crippen MR) is 117 cm³/mol. The molecule has 154 valence electrons. The van der Waals surface area contributed by atoms with Gasteiger partial charge in [0, 0.05) is 58.4 Å². The van der Waals surface area contributed by atoms with Gasteiger partial charge in [-0.1, -0.05) is 37.1 Å². The van der Waals surface area contributed by atoms with Crippen LogP contribution in [-0.4, -0.2) is 67.6 Å². The van der Waals surface area contributed by atoms with Crippen LogP contribution in [0.15, 0.2) is 29.3 Å². The summed E-state index contributed by atoms with van der Waals surface area (Å²) in [4.78, 5) is 9.73. The van der Waals surface area contributed by atoms with Crippen LogP contribution in [0.5, 0.6) is 0 Å². The summed E-state index contributed by atoms with van der Waals surface area (Å²) in [5, 5.41) is 7.19. The van der Waals surface area contributed by atoms with Gasteiger partial charge in [0.25, 0.3) is 0 Å². The summed E-state index contributed by atoms with van der Waals surface area (Å²) in [7, 11) is 1.89. The molecule has 0 spiro atoms. The Morgan fingerprint density at radius 1 is 1.11 bits per heavy atom. The van der Waals surface area contributed by atoms with Crippen LogP contribution in [-0.2, 0) is 13.0 Å². The molecule has 2 fully saturated rings. The molecule has 5 nitrogen and oxygen atoms in total. The maximum absolute atomic E-state index is 4.45. The molecule has 1 aromatic rings. The maximum atomic E-state index is 4.45. The van der Waals surface area contributed by atoms with Crippen molar-refractivity contribution in [3.05, 3.63) is 35.4 Å². The summed E-state index contributed by atoms with van der Waals surface area (Å²) in [5.41, 5.74) is 3.04. The Morgan fingerprint density at radius 2 is 1.93 bits per heavy atom. The Kier molecular flexibility index (Phi) is 6.86. The molecule has 2 aliphatic heterocycles. The first-order valence-corrected chi connectivity index (χ1v) is 11.3. The minimum absolute atomic E-state index is 0.547. The van der Waals surface area contributed by atoms with Crippen molar-refractivity contribution >= 4 is 5.96 Å². The lowest BCUT2D eigenvalue weighted by atomic mass is 10.00. The van der Waals surface area contributed by atoms with Gasteiger partial charge in [-0.2, -0.15) is 0 Å². The van der Waals surface area contributed by atoms with E-state index in [0.29, 0.717) is 6.04 Å². The van der Waals surface area contributed by atoms with Crippen molar-refractivity contribution in [2.24, 2.45) is 4.99 Å². The van der Waals surface area contributed by atoms with E-state index in [4.69, 9.17) is 0 Å². The van der Waals surface area contributed by atoms with E-state index in [1.807, 2.05) is 7.05 Å². The molecule has 2 heterocycles. The number of benzene rings is 1. The number of fused-ring (bicyclic) bond motifs is 1. The number of hydrogen-bond donors (Lipinski definition) is 2. The second-order valence-electron chi connectivity index (χ2n) is 8.71. The molecule has 1 saturated carbocycles. The molecule has 0 aromatic heterocycles. The Bertz CT molecular complexity index is 652. The minimum atomic E-state index is 0.547. The smallest absolute Gasteiger partial charge is 0.191 e. The maximum Gasteiger partial charge on any atom is 0.191 e. The van der Waals surface area contributed by atoms with Gasteiger partial charge >= 0.3 is 0 Å². The molecule has 1 saturated heterocycles. The number of guanidine groups is 1. The first-order chi connectivity index (χ1) is 13.8. The highest BCUT2D eigenvalue weighted by atomic mass is 15.3. The van der Waals surface area contributed by atoms with Gasteiger partial charge in [0.05, 0.1) is 0 Å². The van der Waals surface area contributed by atoms with Crippen LogP contribution in [0.3, 0.4) is 0 Å². The zero-order valence-corrected chi connectivity index (χ0v) is 17.5. The summed E-state index contributed by atoms with van der Waals surface area (Å²) in [6.07, 6.45) is 9.23. The van der Waals surface area contributed by atoms with Crippen molar-refractivity contribution in [3.8, 4) is 0 Å². The van der Waals surface area contributed by atoms with Crippen molar-refractivity contribution in [3.63, 3.8) is 0 Å². The van der Waals surface area contributed by atoms with Crippen molar-refractivity contribution in [1.29, 1.82) is 0 Å². The Labute approximate surface area is 170 Å². The van der Waals surface area contributed by atoms with Gasteiger partial charge in [0.1, 0.15) is 0 Å². The van der Waals surface area contributed by atoms with Gasteiger partial charge in [-0.05, 0) is 43.2 Å². The van der Waals surface area contributed by atoms with E-state index < -0.39 is 0 Å². The summed E-state index contributed by atoms with van der Waals surface area (Å²) in [5.74, 6) is 0.974. The normalized spacial score (nSPS) is 24.5. The first kappa shape index (κ1) is 19.7. The average molecular weight is 384 g/mol. The highest BCUT2D eigenvalue weighted by Gasteiger charge is 2.30. The van der Waals surface area contributed by atoms with Crippen LogP contribution >= 0.6 is 0 Å². The molecule has 2 N–H and O–H groups in total. The molecule has 1 aromatic carbocycles. The number of hydrogen-bond acceptors (Lipinski definition) is 3. The highest BCUT2D eigenvalue weighted by Crippen LogP contribution is 2.26. The Morgan fingerprint density at radius 3 is 2.75 bits per heavy atom. The fourth-order valence-corrected chi connectivity index (χ4v) is 5.15. The van der Waals surface area contributed by atoms with Crippen LogP contribution in [0.2, 0.25) is 0 Å². The fraction of sp³-hybridized carbons (Fsp3) is 0.696. The molecule has 28 heavy (non-hydrogen) atoms. The quantitative estimate of drug-likeness (QED) is 0.450. The molecule has 1 unspecified atom stereocenters. The second-order valence-corrected chi connectivity index (χ2v) is 8.71. The molecule has 0 amide bonds. The molecule has 1 atom stereocenters. The average Bonchev–Trinajstić information content (AvgIpc) is 3.42. The lowest BCUT2D eigenvalue weighted by Crippen LogP contribution is -2.45. The largest absolute Gasteiger partial charge is 0.356 e. The van der Waals surface area contributed by atoms with Crippen molar-refractivity contribution in [2.45, 2.75) is 63.6 Å². The zero-order chi connectivity index (χ0) is 19.2. The van der Waals surface area contributed by atoms with Crippen molar-refractivity contribution in [2.75, 3.05) is 39.8 Å². The van der Waals surface area contributed by atoms with Gasteiger partial charge in [0.2, 0.25) is 0 Å². The lowest BCUT2D eigenvalue weighted by molar-refractivity contribution is 0.242. The summed E-state index contributed by atoms with van der Waals surface area (Å²) >= 11 is 0. The van der Waals surface area contributed by atoms with Gasteiger partial charge < -0.3 is 10.6 Å². The summed E-state index contributed by atoms with van der Waals surface area (Å²) < 4.78 is 0. The number of nitrogens with zero attached hydrogens (tertiary/aromatic N) is 3. The number of nitrogens with one attached hydrogen (secondary N) is 2. The Balaban J connectivity index is 1.14. The molecule has 1 aliphatic carbocycles. The van der Waals surface area contributed by atoms with E-state index in [0.717, 1.165) is 38.1 Å². The number of likely N-dealkylation sites (tertiary alicyclic amines) is 1. The second kappa shape index (κ2) is 9.75. The van der Waals surface area contributed by atoms with Gasteiger partial charge in [-0.3, -0.25) is 14.8 Å². The van der Waals surface area contributed by atoms with Crippen molar-refractivity contribution in [1.82, 2.24) is 20.4 Å². The summed E-state index contributed by atoms with van der Waals surface area (Å²) in [6.45, 7) is 6.84. The third-order valence-electron chi connectivity index (χ3n) is 6.78. The van der Waals surface area contributed by atoms with E-state index in [-0.39, 0.29) is 0 Å². The molecular formula is C23H37N5. The zero-order valence-electron chi connectivity index (χ0n) is 17.5.